The first-order valence-corrected chi connectivity index (χ1v) is 8.79. The van der Waals surface area contributed by atoms with Crippen molar-refractivity contribution in [3.63, 3.8) is 0 Å². The molecule has 0 amide bonds. The van der Waals surface area contributed by atoms with E-state index in [0.717, 1.165) is 67.1 Å². The first kappa shape index (κ1) is 15.3. The first-order chi connectivity index (χ1) is 11.8. The summed E-state index contributed by atoms with van der Waals surface area (Å²) >= 11 is 0. The van der Waals surface area contributed by atoms with Crippen LogP contribution >= 0.6 is 0 Å². The molecule has 24 heavy (non-hydrogen) atoms. The Kier molecular flexibility index (Phi) is 4.06. The van der Waals surface area contributed by atoms with E-state index in [4.69, 9.17) is 14.8 Å². The van der Waals surface area contributed by atoms with Crippen molar-refractivity contribution in [1.82, 2.24) is 24.5 Å². The number of fused-ring (bicyclic) bond motifs is 1. The number of aromatic nitrogens is 5. The van der Waals surface area contributed by atoms with Gasteiger partial charge in [0.25, 0.3) is 0 Å². The Morgan fingerprint density at radius 3 is 2.75 bits per heavy atom. The molecule has 0 atom stereocenters. The van der Waals surface area contributed by atoms with Gasteiger partial charge in [0.15, 0.2) is 5.65 Å². The molecule has 0 saturated carbocycles. The molecular formula is C18H23N5O. The third-order valence-corrected chi connectivity index (χ3v) is 4.78. The molecule has 0 aromatic carbocycles. The second-order valence-electron chi connectivity index (χ2n) is 6.19. The van der Waals surface area contributed by atoms with Crippen molar-refractivity contribution in [1.29, 1.82) is 0 Å². The van der Waals surface area contributed by atoms with Gasteiger partial charge < -0.3 is 4.74 Å². The van der Waals surface area contributed by atoms with E-state index in [9.17, 15) is 0 Å². The van der Waals surface area contributed by atoms with Crippen molar-refractivity contribution >= 4 is 11.0 Å². The van der Waals surface area contributed by atoms with Gasteiger partial charge in [0, 0.05) is 31.3 Å². The second kappa shape index (κ2) is 6.36. The summed E-state index contributed by atoms with van der Waals surface area (Å²) in [6, 6.07) is 6.64. The average Bonchev–Trinajstić information content (AvgIpc) is 3.26. The van der Waals surface area contributed by atoms with Gasteiger partial charge in [0.1, 0.15) is 0 Å². The molecule has 4 rings (SSSR count). The predicted molar refractivity (Wildman–Crippen MR) is 92.9 cm³/mol. The Morgan fingerprint density at radius 1 is 1.17 bits per heavy atom. The highest BCUT2D eigenvalue weighted by molar-refractivity contribution is 5.81. The molecule has 1 aliphatic heterocycles. The van der Waals surface area contributed by atoms with Crippen LogP contribution in [-0.4, -0.2) is 37.8 Å². The number of hydrogen-bond donors (Lipinski definition) is 0. The smallest absolute Gasteiger partial charge is 0.159 e. The van der Waals surface area contributed by atoms with Gasteiger partial charge in [-0.1, -0.05) is 6.92 Å². The van der Waals surface area contributed by atoms with E-state index in [-0.39, 0.29) is 0 Å². The van der Waals surface area contributed by atoms with Crippen LogP contribution in [0.5, 0.6) is 0 Å². The van der Waals surface area contributed by atoms with Crippen molar-refractivity contribution in [2.45, 2.75) is 45.7 Å². The molecule has 6 heteroatoms. The van der Waals surface area contributed by atoms with Gasteiger partial charge in [-0.2, -0.15) is 10.2 Å². The highest BCUT2D eigenvalue weighted by Crippen LogP contribution is 2.29. The molecule has 6 nitrogen and oxygen atoms in total. The van der Waals surface area contributed by atoms with Crippen LogP contribution in [0.15, 0.2) is 24.4 Å². The van der Waals surface area contributed by atoms with E-state index >= 15 is 0 Å². The van der Waals surface area contributed by atoms with Gasteiger partial charge in [-0.05, 0) is 44.4 Å². The fraction of sp³-hybridized carbons (Fsp3) is 0.500. The SMILES string of the molecule is CCc1nn(C2CCOCC2)c2nc(-c3ccnn3CC)ccc12. The maximum atomic E-state index is 5.51. The minimum absolute atomic E-state index is 0.375. The van der Waals surface area contributed by atoms with E-state index in [0.29, 0.717) is 6.04 Å². The zero-order valence-corrected chi connectivity index (χ0v) is 14.3. The Balaban J connectivity index is 1.85. The molecule has 0 radical (unpaired) electrons. The number of aryl methyl sites for hydroxylation is 2. The molecule has 1 saturated heterocycles. The number of rotatable bonds is 4. The van der Waals surface area contributed by atoms with Crippen molar-refractivity contribution in [3.8, 4) is 11.4 Å². The summed E-state index contributed by atoms with van der Waals surface area (Å²) in [4.78, 5) is 4.97. The number of hydrogen-bond acceptors (Lipinski definition) is 4. The highest BCUT2D eigenvalue weighted by Gasteiger charge is 2.22. The van der Waals surface area contributed by atoms with Crippen molar-refractivity contribution in [3.05, 3.63) is 30.1 Å². The minimum Gasteiger partial charge on any atom is -0.381 e. The second-order valence-corrected chi connectivity index (χ2v) is 6.19. The molecule has 3 aromatic rings. The molecule has 0 unspecified atom stereocenters. The molecule has 0 aliphatic carbocycles. The lowest BCUT2D eigenvalue weighted by Gasteiger charge is -2.22. The lowest BCUT2D eigenvalue weighted by atomic mass is 10.1. The zero-order chi connectivity index (χ0) is 16.5. The van der Waals surface area contributed by atoms with Crippen molar-refractivity contribution in [2.24, 2.45) is 0 Å². The quantitative estimate of drug-likeness (QED) is 0.739. The first-order valence-electron chi connectivity index (χ1n) is 8.79. The molecule has 1 fully saturated rings. The van der Waals surface area contributed by atoms with E-state index < -0.39 is 0 Å². The van der Waals surface area contributed by atoms with Crippen molar-refractivity contribution in [2.75, 3.05) is 13.2 Å². The number of pyridine rings is 1. The number of ether oxygens (including phenoxy) is 1. The normalized spacial score (nSPS) is 16.1. The fourth-order valence-corrected chi connectivity index (χ4v) is 3.47. The van der Waals surface area contributed by atoms with Crippen LogP contribution in [0.3, 0.4) is 0 Å². The summed E-state index contributed by atoms with van der Waals surface area (Å²) in [6.07, 6.45) is 4.75. The molecular weight excluding hydrogens is 302 g/mol. The van der Waals surface area contributed by atoms with Crippen LogP contribution in [0.2, 0.25) is 0 Å². The molecule has 0 N–H and O–H groups in total. The summed E-state index contributed by atoms with van der Waals surface area (Å²) in [5, 5.41) is 10.4. The predicted octanol–water partition coefficient (Wildman–Crippen LogP) is 3.23. The third-order valence-electron chi connectivity index (χ3n) is 4.78. The van der Waals surface area contributed by atoms with E-state index in [1.807, 2.05) is 16.9 Å². The summed E-state index contributed by atoms with van der Waals surface area (Å²) in [5.41, 5.74) is 4.12. The third kappa shape index (κ3) is 2.51. The van der Waals surface area contributed by atoms with Crippen LogP contribution in [0, 0.1) is 0 Å². The maximum Gasteiger partial charge on any atom is 0.159 e. The van der Waals surface area contributed by atoms with Crippen LogP contribution in [0.25, 0.3) is 22.4 Å². The van der Waals surface area contributed by atoms with E-state index in [2.05, 4.69) is 35.8 Å². The molecule has 3 aromatic heterocycles. The van der Waals surface area contributed by atoms with Gasteiger partial charge >= 0.3 is 0 Å². The lowest BCUT2D eigenvalue weighted by molar-refractivity contribution is 0.0672. The monoisotopic (exact) mass is 325 g/mol. The Labute approximate surface area is 141 Å². The average molecular weight is 325 g/mol. The van der Waals surface area contributed by atoms with Gasteiger partial charge in [0.2, 0.25) is 0 Å². The van der Waals surface area contributed by atoms with Crippen molar-refractivity contribution < 1.29 is 4.74 Å². The molecule has 0 spiro atoms. The van der Waals surface area contributed by atoms with Crippen LogP contribution in [0.4, 0.5) is 0 Å². The molecule has 0 bridgehead atoms. The summed E-state index contributed by atoms with van der Waals surface area (Å²) in [7, 11) is 0. The topological polar surface area (TPSA) is 57.8 Å². The van der Waals surface area contributed by atoms with E-state index in [1.54, 1.807) is 0 Å². The van der Waals surface area contributed by atoms with E-state index in [1.165, 1.54) is 0 Å². The van der Waals surface area contributed by atoms with Crippen LogP contribution in [-0.2, 0) is 17.7 Å². The molecule has 126 valence electrons. The molecule has 4 heterocycles. The van der Waals surface area contributed by atoms with Gasteiger partial charge in [-0.15, -0.1) is 0 Å². The highest BCUT2D eigenvalue weighted by atomic mass is 16.5. The van der Waals surface area contributed by atoms with Crippen LogP contribution < -0.4 is 0 Å². The Hall–Kier alpha value is -2.21. The van der Waals surface area contributed by atoms with Crippen LogP contribution in [0.1, 0.15) is 38.4 Å². The Bertz CT molecular complexity index is 844. The largest absolute Gasteiger partial charge is 0.381 e. The summed E-state index contributed by atoms with van der Waals surface area (Å²) < 4.78 is 9.61. The molecule has 1 aliphatic rings. The maximum absolute atomic E-state index is 5.51. The minimum atomic E-state index is 0.375. The van der Waals surface area contributed by atoms with Gasteiger partial charge in [0.05, 0.1) is 23.1 Å². The summed E-state index contributed by atoms with van der Waals surface area (Å²) in [6.45, 7) is 6.68. The zero-order valence-electron chi connectivity index (χ0n) is 14.3. The Morgan fingerprint density at radius 2 is 2.00 bits per heavy atom. The number of nitrogens with zero attached hydrogens (tertiary/aromatic N) is 5. The lowest BCUT2D eigenvalue weighted by Crippen LogP contribution is -2.21. The van der Waals surface area contributed by atoms with Gasteiger partial charge in [-0.3, -0.25) is 4.68 Å². The fourth-order valence-electron chi connectivity index (χ4n) is 3.47. The standard InChI is InChI=1S/C18H23N5O/c1-3-15-14-5-6-16(17-7-10-19-22(17)4-2)20-18(14)23(21-15)13-8-11-24-12-9-13/h5-7,10,13H,3-4,8-9,11-12H2,1-2H3. The summed E-state index contributed by atoms with van der Waals surface area (Å²) in [5.74, 6) is 0. The van der Waals surface area contributed by atoms with Gasteiger partial charge in [-0.25, -0.2) is 9.67 Å².